The molecule has 3 aromatic heterocycles. The van der Waals surface area contributed by atoms with Crippen LogP contribution in [0.5, 0.6) is 0 Å². The van der Waals surface area contributed by atoms with E-state index in [1.54, 1.807) is 18.3 Å². The zero-order chi connectivity index (χ0) is 28.0. The number of hydrogen-bond acceptors (Lipinski definition) is 5. The Morgan fingerprint density at radius 3 is 2.41 bits per heavy atom. The van der Waals surface area contributed by atoms with E-state index in [0.29, 0.717) is 17.0 Å². The zero-order valence-corrected chi connectivity index (χ0v) is 21.7. The van der Waals surface area contributed by atoms with Gasteiger partial charge in [0.25, 0.3) is 5.56 Å². The number of halogens is 4. The molecule has 1 aliphatic rings. The van der Waals surface area contributed by atoms with Crippen LogP contribution in [0.3, 0.4) is 0 Å². The van der Waals surface area contributed by atoms with E-state index in [-0.39, 0.29) is 29.5 Å². The molecule has 1 saturated carbocycles. The third-order valence-electron chi connectivity index (χ3n) is 6.66. The van der Waals surface area contributed by atoms with Gasteiger partial charge in [-0.15, -0.1) is 0 Å². The fourth-order valence-electron chi connectivity index (χ4n) is 4.73. The topological polar surface area (TPSA) is 73.6 Å². The molecule has 1 aromatic carbocycles. The van der Waals surface area contributed by atoms with Gasteiger partial charge < -0.3 is 0 Å². The number of aromatic nitrogens is 5. The highest BCUT2D eigenvalue weighted by Gasteiger charge is 2.34. The monoisotopic (exact) mass is 539 g/mol. The van der Waals surface area contributed by atoms with Crippen LogP contribution in [0, 0.1) is 19.7 Å². The van der Waals surface area contributed by atoms with E-state index >= 15 is 0 Å². The van der Waals surface area contributed by atoms with E-state index in [9.17, 15) is 22.4 Å². The first-order valence-corrected chi connectivity index (χ1v) is 12.8. The van der Waals surface area contributed by atoms with Crippen molar-refractivity contribution >= 4 is 0 Å². The van der Waals surface area contributed by atoms with Gasteiger partial charge in [-0.3, -0.25) is 9.78 Å². The van der Waals surface area contributed by atoms with E-state index < -0.39 is 11.7 Å². The smallest absolute Gasteiger partial charge is 0.267 e. The molecule has 0 N–H and O–H groups in total. The number of rotatable bonds is 4. The standard InChI is InChI=1S/C22H22F3N5O.C7H7F/c1-14-11-26-13-28-20(14)18-10-16(15-6-3-2-4-7-15)21(31)30(29-18)12-19-17(22(23,24)25)8-5-9-27-19;1-6-3-2-4-7(8)5-6/h5,8-11,13,15H,2-4,6-7,12H2,1H3;2-5H,1H3. The summed E-state index contributed by atoms with van der Waals surface area (Å²) in [7, 11) is 0. The van der Waals surface area contributed by atoms with Crippen LogP contribution >= 0.6 is 0 Å². The number of hydrogen-bond donors (Lipinski definition) is 0. The lowest BCUT2D eigenvalue weighted by atomic mass is 9.84. The van der Waals surface area contributed by atoms with Crippen LogP contribution in [0.15, 0.2) is 66.0 Å². The van der Waals surface area contributed by atoms with Crippen LogP contribution in [-0.2, 0) is 12.7 Å². The number of alkyl halides is 3. The molecule has 6 nitrogen and oxygen atoms in total. The van der Waals surface area contributed by atoms with E-state index in [0.717, 1.165) is 54.0 Å². The van der Waals surface area contributed by atoms with Crippen molar-refractivity contribution in [2.75, 3.05) is 0 Å². The van der Waals surface area contributed by atoms with Crippen molar-refractivity contribution < 1.29 is 17.6 Å². The second kappa shape index (κ2) is 12.3. The molecule has 0 spiro atoms. The molecule has 4 aromatic rings. The maximum atomic E-state index is 13.5. The van der Waals surface area contributed by atoms with Gasteiger partial charge in [0.15, 0.2) is 0 Å². The molecule has 0 radical (unpaired) electrons. The number of aryl methyl sites for hydroxylation is 2. The van der Waals surface area contributed by atoms with Gasteiger partial charge in [0.05, 0.1) is 23.5 Å². The van der Waals surface area contributed by atoms with Crippen molar-refractivity contribution in [2.24, 2.45) is 0 Å². The number of pyridine rings is 1. The van der Waals surface area contributed by atoms with Crippen LogP contribution in [0.25, 0.3) is 11.4 Å². The molecule has 0 aliphatic heterocycles. The molecular weight excluding hydrogens is 510 g/mol. The highest BCUT2D eigenvalue weighted by molar-refractivity contribution is 5.58. The van der Waals surface area contributed by atoms with Gasteiger partial charge in [-0.1, -0.05) is 31.4 Å². The summed E-state index contributed by atoms with van der Waals surface area (Å²) in [4.78, 5) is 25.4. The summed E-state index contributed by atoms with van der Waals surface area (Å²) in [5.74, 6) is -0.104. The van der Waals surface area contributed by atoms with E-state index in [1.165, 1.54) is 30.7 Å². The highest BCUT2D eigenvalue weighted by atomic mass is 19.4. The van der Waals surface area contributed by atoms with Gasteiger partial charge in [0, 0.05) is 18.0 Å². The third-order valence-corrected chi connectivity index (χ3v) is 6.66. The first kappa shape index (κ1) is 28.1. The summed E-state index contributed by atoms with van der Waals surface area (Å²) >= 11 is 0. The van der Waals surface area contributed by atoms with Crippen molar-refractivity contribution in [2.45, 2.75) is 64.6 Å². The summed E-state index contributed by atoms with van der Waals surface area (Å²) in [5.41, 5.74) is 1.83. The Morgan fingerprint density at radius 1 is 1.00 bits per heavy atom. The van der Waals surface area contributed by atoms with Crippen LogP contribution in [-0.4, -0.2) is 24.7 Å². The molecule has 0 amide bonds. The average molecular weight is 540 g/mol. The summed E-state index contributed by atoms with van der Waals surface area (Å²) in [6.07, 6.45) is 4.66. The predicted octanol–water partition coefficient (Wildman–Crippen LogP) is 6.65. The number of benzene rings is 1. The van der Waals surface area contributed by atoms with Gasteiger partial charge >= 0.3 is 6.18 Å². The maximum absolute atomic E-state index is 13.5. The van der Waals surface area contributed by atoms with Gasteiger partial charge in [0.2, 0.25) is 0 Å². The van der Waals surface area contributed by atoms with Crippen LogP contribution in [0.1, 0.15) is 66.0 Å². The lowest BCUT2D eigenvalue weighted by Crippen LogP contribution is -2.30. The minimum atomic E-state index is -4.57. The molecule has 3 heterocycles. The summed E-state index contributed by atoms with van der Waals surface area (Å²) < 4.78 is 53.6. The normalized spacial score (nSPS) is 14.0. The Balaban J connectivity index is 0.000000379. The molecule has 1 fully saturated rings. The second-order valence-corrected chi connectivity index (χ2v) is 9.63. The zero-order valence-electron chi connectivity index (χ0n) is 21.7. The van der Waals surface area contributed by atoms with Crippen molar-refractivity contribution in [3.05, 3.63) is 105 Å². The molecule has 10 heteroatoms. The van der Waals surface area contributed by atoms with Crippen LogP contribution in [0.4, 0.5) is 17.6 Å². The molecule has 39 heavy (non-hydrogen) atoms. The van der Waals surface area contributed by atoms with Crippen molar-refractivity contribution in [1.82, 2.24) is 24.7 Å². The Labute approximate surface area is 223 Å². The maximum Gasteiger partial charge on any atom is 0.418 e. The first-order chi connectivity index (χ1) is 18.6. The predicted molar refractivity (Wildman–Crippen MR) is 140 cm³/mol. The molecule has 0 unspecified atom stereocenters. The fourth-order valence-corrected chi connectivity index (χ4v) is 4.73. The van der Waals surface area contributed by atoms with Gasteiger partial charge in [0.1, 0.15) is 17.8 Å². The lowest BCUT2D eigenvalue weighted by Gasteiger charge is -2.22. The second-order valence-electron chi connectivity index (χ2n) is 9.63. The quantitative estimate of drug-likeness (QED) is 0.272. The Kier molecular flexibility index (Phi) is 8.83. The van der Waals surface area contributed by atoms with E-state index in [1.807, 2.05) is 19.9 Å². The molecule has 0 bridgehead atoms. The molecule has 0 atom stereocenters. The molecular formula is C29H29F4N5O. The van der Waals surface area contributed by atoms with Crippen molar-refractivity contribution in [1.29, 1.82) is 0 Å². The molecule has 0 saturated heterocycles. The van der Waals surface area contributed by atoms with Crippen LogP contribution < -0.4 is 5.56 Å². The van der Waals surface area contributed by atoms with Gasteiger partial charge in [-0.05, 0) is 74.1 Å². The third kappa shape index (κ3) is 7.13. The highest BCUT2D eigenvalue weighted by Crippen LogP contribution is 2.33. The minimum Gasteiger partial charge on any atom is -0.267 e. The van der Waals surface area contributed by atoms with Crippen molar-refractivity contribution in [3.8, 4) is 11.4 Å². The SMILES string of the molecule is Cc1cccc(F)c1.Cc1cncnc1-c1cc(C2CCCCC2)c(=O)n(Cc2ncccc2C(F)(F)F)n1. The summed E-state index contributed by atoms with van der Waals surface area (Å²) in [6.45, 7) is 3.32. The molecule has 1 aliphatic carbocycles. The van der Waals surface area contributed by atoms with Gasteiger partial charge in [-0.25, -0.2) is 19.0 Å². The van der Waals surface area contributed by atoms with E-state index in [2.05, 4.69) is 20.1 Å². The summed E-state index contributed by atoms with van der Waals surface area (Å²) in [6, 6.07) is 10.4. The Hall–Kier alpha value is -3.95. The van der Waals surface area contributed by atoms with Crippen molar-refractivity contribution in [3.63, 3.8) is 0 Å². The summed E-state index contributed by atoms with van der Waals surface area (Å²) in [5, 5.41) is 4.38. The average Bonchev–Trinajstić information content (AvgIpc) is 2.91. The lowest BCUT2D eigenvalue weighted by molar-refractivity contribution is -0.138. The first-order valence-electron chi connectivity index (χ1n) is 12.8. The van der Waals surface area contributed by atoms with E-state index in [4.69, 9.17) is 0 Å². The molecule has 5 rings (SSSR count). The molecule has 204 valence electrons. The fraction of sp³-hybridized carbons (Fsp3) is 0.345. The Bertz CT molecular complexity index is 1460. The number of nitrogens with zero attached hydrogens (tertiary/aromatic N) is 5. The minimum absolute atomic E-state index is 0.0576. The Morgan fingerprint density at radius 2 is 1.77 bits per heavy atom. The van der Waals surface area contributed by atoms with Crippen LogP contribution in [0.2, 0.25) is 0 Å². The largest absolute Gasteiger partial charge is 0.418 e. The van der Waals surface area contributed by atoms with Gasteiger partial charge in [-0.2, -0.15) is 18.3 Å².